The number of carbonyl (C=O) groups is 7. The number of nitrogens with one attached hydrogen (secondary N) is 3. The van der Waals surface area contributed by atoms with Crippen LogP contribution in [-0.2, 0) is 38.1 Å². The number of unbranched alkanes of at least 4 members (excludes halogenated alkanes) is 42. The summed E-state index contributed by atoms with van der Waals surface area (Å²) in [6, 6.07) is 5.01. The molecule has 127 heavy (non-hydrogen) atoms. The Morgan fingerprint density at radius 2 is 0.370 bits per heavy atom. The quantitative estimate of drug-likeness (QED) is 0.0316. The van der Waals surface area contributed by atoms with Gasteiger partial charge in [0, 0.05) is 62.0 Å². The highest BCUT2D eigenvalue weighted by Gasteiger charge is 2.22. The molecule has 0 aliphatic carbocycles. The van der Waals surface area contributed by atoms with E-state index in [4.69, 9.17) is 18.9 Å². The van der Waals surface area contributed by atoms with Gasteiger partial charge < -0.3 is 49.6 Å². The molecule has 0 radical (unpaired) electrons. The number of benzene rings is 1. The third kappa shape index (κ3) is 74.5. The molecule has 17 nitrogen and oxygen atoms in total. The highest BCUT2D eigenvalue weighted by atomic mass is 16.6. The molecule has 3 N–H and O–H groups in total. The van der Waals surface area contributed by atoms with Crippen LogP contribution >= 0.6 is 0 Å². The van der Waals surface area contributed by atoms with E-state index in [0.29, 0.717) is 62.0 Å². The monoisotopic (exact) mass is 1790 g/mol. The molecule has 0 aliphatic heterocycles. The van der Waals surface area contributed by atoms with Crippen LogP contribution in [0, 0.1) is 0 Å². The van der Waals surface area contributed by atoms with Crippen LogP contribution < -0.4 is 16.0 Å². The Hall–Kier alpha value is -4.61. The minimum atomic E-state index is -0.298. The summed E-state index contributed by atoms with van der Waals surface area (Å²) in [6.07, 6.45) is 76.6. The number of rotatable bonds is 97. The van der Waals surface area contributed by atoms with E-state index in [0.717, 1.165) is 361 Å². The first-order chi connectivity index (χ1) is 62.1. The first-order valence-electron chi connectivity index (χ1n) is 55.1. The van der Waals surface area contributed by atoms with Gasteiger partial charge in [0.25, 0.3) is 17.7 Å². The molecule has 17 heteroatoms. The third-order valence-corrected chi connectivity index (χ3v) is 25.8. The summed E-state index contributed by atoms with van der Waals surface area (Å²) in [7, 11) is 0. The Morgan fingerprint density at radius 3 is 0.551 bits per heavy atom. The van der Waals surface area contributed by atoms with Gasteiger partial charge in [-0.3, -0.25) is 33.6 Å². The second-order valence-electron chi connectivity index (χ2n) is 38.2. The summed E-state index contributed by atoms with van der Waals surface area (Å²) >= 11 is 0. The van der Waals surface area contributed by atoms with Crippen molar-refractivity contribution in [3.05, 3.63) is 34.9 Å². The lowest BCUT2D eigenvalue weighted by atomic mass is 10.0. The van der Waals surface area contributed by atoms with Gasteiger partial charge in [-0.05, 0) is 212 Å². The maximum Gasteiger partial charge on any atom is 0.306 e. The molecule has 0 saturated heterocycles. The van der Waals surface area contributed by atoms with Crippen molar-refractivity contribution >= 4 is 41.6 Å². The fourth-order valence-electron chi connectivity index (χ4n) is 17.8. The summed E-state index contributed by atoms with van der Waals surface area (Å²) in [5.41, 5.74) is 0.915. The molecule has 1 aromatic rings. The number of nitrogens with zero attached hydrogens (tertiary/aromatic N) is 3. The van der Waals surface area contributed by atoms with Crippen LogP contribution in [0.5, 0.6) is 0 Å². The summed E-state index contributed by atoms with van der Waals surface area (Å²) in [6.45, 7) is 32.0. The first-order valence-corrected chi connectivity index (χ1v) is 55.1. The van der Waals surface area contributed by atoms with Gasteiger partial charge in [0.2, 0.25) is 0 Å². The molecule has 0 spiro atoms. The van der Waals surface area contributed by atoms with Gasteiger partial charge in [-0.2, -0.15) is 0 Å². The summed E-state index contributed by atoms with van der Waals surface area (Å²) in [4.78, 5) is 102. The molecule has 4 unspecified atom stereocenters. The average molecular weight is 1790 g/mol. The van der Waals surface area contributed by atoms with Crippen molar-refractivity contribution in [2.75, 3.05) is 78.5 Å². The normalized spacial score (nSPS) is 12.6. The summed E-state index contributed by atoms with van der Waals surface area (Å²) < 4.78 is 23.6. The van der Waals surface area contributed by atoms with E-state index in [1.165, 1.54) is 128 Å². The third-order valence-electron chi connectivity index (χ3n) is 25.8. The molecule has 0 aliphatic rings. The molecule has 0 saturated carbocycles. The van der Waals surface area contributed by atoms with E-state index < -0.39 is 0 Å². The zero-order valence-electron chi connectivity index (χ0n) is 85.1. The summed E-state index contributed by atoms with van der Waals surface area (Å²) in [5, 5.41) is 9.67. The smallest absolute Gasteiger partial charge is 0.306 e. The number of hydrogen-bond donors (Lipinski definition) is 3. The largest absolute Gasteiger partial charge is 0.462 e. The lowest BCUT2D eigenvalue weighted by molar-refractivity contribution is -0.151. The van der Waals surface area contributed by atoms with Crippen LogP contribution in [0.25, 0.3) is 0 Å². The zero-order valence-corrected chi connectivity index (χ0v) is 85.1. The van der Waals surface area contributed by atoms with Crippen LogP contribution in [0.2, 0.25) is 0 Å². The molecule has 0 heterocycles. The molecule has 1 aromatic carbocycles. The predicted octanol–water partition coefficient (Wildman–Crippen LogP) is 29.3. The van der Waals surface area contributed by atoms with E-state index in [1.54, 1.807) is 18.2 Å². The van der Waals surface area contributed by atoms with Crippen molar-refractivity contribution in [1.82, 2.24) is 30.7 Å². The molecule has 1 rings (SSSR count). The molecule has 4 atom stereocenters. The van der Waals surface area contributed by atoms with E-state index >= 15 is 0 Å². The molecule has 0 aromatic heterocycles. The zero-order chi connectivity index (χ0) is 92.6. The van der Waals surface area contributed by atoms with E-state index in [-0.39, 0.29) is 66.0 Å². The SMILES string of the molecule is CCCCCCCCCCCCN(CCCCCCCCCCCC)CCCNC(=O)c1cc(C(=O)NCCCN(CCCCCCCCC(=O)OC(CCC)CCCC)CCCCCCCCC(=O)OC(CCC)CCCC)cc(C(=O)NCCCN(CCCCCCCCC(=O)OC(CCC)CCCC)CCCCCCCCC(=O)OC(CCC)CCCC)c1. The number of ether oxygens (including phenoxy) is 4. The number of carbonyl (C=O) groups excluding carboxylic acids is 7. The van der Waals surface area contributed by atoms with Crippen LogP contribution in [0.3, 0.4) is 0 Å². The lowest BCUT2D eigenvalue weighted by Gasteiger charge is -2.23. The average Bonchev–Trinajstić information content (AvgIpc) is 0.825. The second-order valence-corrected chi connectivity index (χ2v) is 38.2. The van der Waals surface area contributed by atoms with Crippen molar-refractivity contribution in [1.29, 1.82) is 0 Å². The molecule has 0 fully saturated rings. The Morgan fingerprint density at radius 1 is 0.205 bits per heavy atom. The fraction of sp³-hybridized carbons (Fsp3) is 0.882. The number of esters is 4. The van der Waals surface area contributed by atoms with Gasteiger partial charge in [-0.15, -0.1) is 0 Å². The van der Waals surface area contributed by atoms with E-state index in [1.807, 2.05) is 0 Å². The van der Waals surface area contributed by atoms with E-state index in [9.17, 15) is 33.6 Å². The first kappa shape index (κ1) is 120. The Balaban J connectivity index is 3.41. The van der Waals surface area contributed by atoms with Crippen molar-refractivity contribution < 1.29 is 52.5 Å². The molecule has 742 valence electrons. The van der Waals surface area contributed by atoms with Crippen LogP contribution in [0.15, 0.2) is 18.2 Å². The standard InChI is InChI=1S/C110H206N6O11/c1-11-21-27-29-31-33-35-41-51-61-85-114(86-62-52-42-36-34-32-30-28-22-12-2)91-67-82-111-108(121)97-94-98(109(122)112-83-68-92-115(87-63-53-43-37-47-57-78-104(117)124-100(70-17-7)74-23-13-3)88-64-54-44-38-48-58-79-105(118)125-101(71-18-8)75-24-14-4)96-99(95-97)110(123)113-84-69-93-116(89-65-55-45-39-49-59-80-106(119)126-102(72-19-9)76-25-15-5)90-66-56-46-40-50-60-81-107(120)127-103(73-20-10)77-26-16-6/h94-96,100-103H,11-93H2,1-10H3,(H,111,121)(H,112,122)(H,113,123). The Kier molecular flexibility index (Phi) is 85.8. The van der Waals surface area contributed by atoms with Crippen molar-refractivity contribution in [3.8, 4) is 0 Å². The summed E-state index contributed by atoms with van der Waals surface area (Å²) in [5.74, 6) is -1.06. The van der Waals surface area contributed by atoms with Gasteiger partial charge in [-0.1, -0.05) is 365 Å². The fourth-order valence-corrected chi connectivity index (χ4v) is 17.8. The molecular formula is C110H206N6O11. The minimum absolute atomic E-state index is 0.0476. The maximum absolute atomic E-state index is 14.5. The molecule has 0 bridgehead atoms. The van der Waals surface area contributed by atoms with E-state index in [2.05, 4.69) is 99.9 Å². The Labute approximate surface area is 783 Å². The topological polar surface area (TPSA) is 202 Å². The highest BCUT2D eigenvalue weighted by molar-refractivity contribution is 6.04. The van der Waals surface area contributed by atoms with Gasteiger partial charge in [0.1, 0.15) is 24.4 Å². The van der Waals surface area contributed by atoms with Crippen LogP contribution in [0.1, 0.15) is 556 Å². The number of amides is 3. The number of hydrogen-bond acceptors (Lipinski definition) is 14. The van der Waals surface area contributed by atoms with Gasteiger partial charge in [-0.25, -0.2) is 0 Å². The maximum atomic E-state index is 14.5. The highest BCUT2D eigenvalue weighted by Crippen LogP contribution is 2.23. The van der Waals surface area contributed by atoms with Gasteiger partial charge in [0.05, 0.1) is 0 Å². The van der Waals surface area contributed by atoms with Gasteiger partial charge in [0.15, 0.2) is 0 Å². The van der Waals surface area contributed by atoms with Crippen LogP contribution in [-0.4, -0.2) is 159 Å². The predicted molar refractivity (Wildman–Crippen MR) is 537 cm³/mol. The minimum Gasteiger partial charge on any atom is -0.462 e. The van der Waals surface area contributed by atoms with Gasteiger partial charge >= 0.3 is 23.9 Å². The second kappa shape index (κ2) is 90.6. The van der Waals surface area contributed by atoms with Crippen LogP contribution in [0.4, 0.5) is 0 Å². The lowest BCUT2D eigenvalue weighted by Crippen LogP contribution is -2.33. The molecule has 3 amide bonds. The van der Waals surface area contributed by atoms with Crippen molar-refractivity contribution in [2.24, 2.45) is 0 Å². The van der Waals surface area contributed by atoms with Crippen molar-refractivity contribution in [2.45, 2.75) is 550 Å². The Bertz CT molecular complexity index is 2440. The molecular weight excluding hydrogens is 1580 g/mol. The van der Waals surface area contributed by atoms with Crippen molar-refractivity contribution in [3.63, 3.8) is 0 Å².